The summed E-state index contributed by atoms with van der Waals surface area (Å²) in [4.78, 5) is 15.4. The first-order chi connectivity index (χ1) is 8.58. The Hall–Kier alpha value is -1.58. The Kier molecular flexibility index (Phi) is 5.62. The molecular formula is C14H21FN2O. The molecule has 18 heavy (non-hydrogen) atoms. The van der Waals surface area contributed by atoms with Crippen LogP contribution in [0.2, 0.25) is 0 Å². The minimum atomic E-state index is -0.268. The molecule has 0 saturated carbocycles. The fourth-order valence-electron chi connectivity index (χ4n) is 1.84. The number of piperazine rings is 1. The molecule has 0 aromatic rings. The molecular weight excluding hydrogens is 231 g/mol. The van der Waals surface area contributed by atoms with Gasteiger partial charge in [0.2, 0.25) is 5.91 Å². The van der Waals surface area contributed by atoms with Gasteiger partial charge in [-0.05, 0) is 19.1 Å². The molecule has 1 rings (SSSR count). The molecule has 1 fully saturated rings. The number of rotatable bonds is 4. The molecule has 0 aliphatic carbocycles. The summed E-state index contributed by atoms with van der Waals surface area (Å²) in [7, 11) is 0. The summed E-state index contributed by atoms with van der Waals surface area (Å²) in [5, 5.41) is 0. The van der Waals surface area contributed by atoms with Gasteiger partial charge in [-0.2, -0.15) is 0 Å². The van der Waals surface area contributed by atoms with Crippen molar-refractivity contribution in [1.29, 1.82) is 0 Å². The Balaban J connectivity index is 2.45. The molecule has 0 aromatic carbocycles. The second-order valence-electron chi connectivity index (χ2n) is 4.22. The normalized spacial score (nSPS) is 17.4. The number of carbonyl (C=O) groups is 1. The SMILES string of the molecule is C=C(/C=C\C(F)=C/C)N1CCN(C(=O)CC)CC1. The molecule has 4 heteroatoms. The van der Waals surface area contributed by atoms with E-state index in [0.717, 1.165) is 18.8 Å². The average molecular weight is 252 g/mol. The monoisotopic (exact) mass is 252 g/mol. The number of carbonyl (C=O) groups excluding carboxylic acids is 1. The van der Waals surface area contributed by atoms with Crippen LogP contribution in [-0.4, -0.2) is 41.9 Å². The first-order valence-corrected chi connectivity index (χ1v) is 6.30. The van der Waals surface area contributed by atoms with Crippen LogP contribution >= 0.6 is 0 Å². The first-order valence-electron chi connectivity index (χ1n) is 6.30. The van der Waals surface area contributed by atoms with E-state index < -0.39 is 0 Å². The second kappa shape index (κ2) is 6.99. The Labute approximate surface area is 108 Å². The van der Waals surface area contributed by atoms with Crippen LogP contribution in [0.3, 0.4) is 0 Å². The van der Waals surface area contributed by atoms with E-state index in [9.17, 15) is 9.18 Å². The van der Waals surface area contributed by atoms with Crippen LogP contribution < -0.4 is 0 Å². The largest absolute Gasteiger partial charge is 0.368 e. The lowest BCUT2D eigenvalue weighted by atomic mass is 10.2. The quantitative estimate of drug-likeness (QED) is 0.718. The van der Waals surface area contributed by atoms with Crippen LogP contribution in [0.4, 0.5) is 4.39 Å². The minimum absolute atomic E-state index is 0.191. The summed E-state index contributed by atoms with van der Waals surface area (Å²) in [6, 6.07) is 0. The van der Waals surface area contributed by atoms with Crippen molar-refractivity contribution in [2.24, 2.45) is 0 Å². The van der Waals surface area contributed by atoms with Crippen molar-refractivity contribution >= 4 is 5.91 Å². The molecule has 0 spiro atoms. The summed E-state index contributed by atoms with van der Waals surface area (Å²) < 4.78 is 12.9. The van der Waals surface area contributed by atoms with E-state index in [4.69, 9.17) is 0 Å². The van der Waals surface area contributed by atoms with Gasteiger partial charge < -0.3 is 9.80 Å². The highest BCUT2D eigenvalue weighted by molar-refractivity contribution is 5.75. The number of hydrogen-bond donors (Lipinski definition) is 0. The molecule has 0 N–H and O–H groups in total. The van der Waals surface area contributed by atoms with Gasteiger partial charge in [0.1, 0.15) is 5.83 Å². The molecule has 1 heterocycles. The lowest BCUT2D eigenvalue weighted by Crippen LogP contribution is -2.47. The van der Waals surface area contributed by atoms with Gasteiger partial charge in [-0.25, -0.2) is 4.39 Å². The molecule has 1 amide bonds. The van der Waals surface area contributed by atoms with Crippen molar-refractivity contribution in [2.45, 2.75) is 20.3 Å². The van der Waals surface area contributed by atoms with Crippen molar-refractivity contribution in [2.75, 3.05) is 26.2 Å². The van der Waals surface area contributed by atoms with E-state index in [0.29, 0.717) is 19.5 Å². The van der Waals surface area contributed by atoms with E-state index in [1.54, 1.807) is 13.0 Å². The number of halogens is 1. The van der Waals surface area contributed by atoms with Crippen molar-refractivity contribution < 1.29 is 9.18 Å². The fraction of sp³-hybridized carbons (Fsp3) is 0.500. The molecule has 0 unspecified atom stereocenters. The summed E-state index contributed by atoms with van der Waals surface area (Å²) in [5.74, 6) is -0.0771. The third-order valence-electron chi connectivity index (χ3n) is 3.05. The third kappa shape index (κ3) is 4.02. The summed E-state index contributed by atoms with van der Waals surface area (Å²) in [6.45, 7) is 10.4. The highest BCUT2D eigenvalue weighted by Crippen LogP contribution is 2.11. The average Bonchev–Trinajstić information content (AvgIpc) is 2.43. The van der Waals surface area contributed by atoms with Gasteiger partial charge in [-0.3, -0.25) is 4.79 Å². The van der Waals surface area contributed by atoms with Crippen LogP contribution in [0, 0.1) is 0 Å². The van der Waals surface area contributed by atoms with Crippen LogP contribution in [-0.2, 0) is 4.79 Å². The maximum absolute atomic E-state index is 12.9. The van der Waals surface area contributed by atoms with Gasteiger partial charge >= 0.3 is 0 Å². The number of hydrogen-bond acceptors (Lipinski definition) is 2. The van der Waals surface area contributed by atoms with Crippen LogP contribution in [0.15, 0.2) is 36.3 Å². The molecule has 100 valence electrons. The zero-order chi connectivity index (χ0) is 13.5. The molecule has 0 bridgehead atoms. The van der Waals surface area contributed by atoms with Crippen molar-refractivity contribution in [3.8, 4) is 0 Å². The third-order valence-corrected chi connectivity index (χ3v) is 3.05. The number of nitrogens with zero attached hydrogens (tertiary/aromatic N) is 2. The van der Waals surface area contributed by atoms with E-state index >= 15 is 0 Å². The zero-order valence-corrected chi connectivity index (χ0v) is 11.2. The Bertz CT molecular complexity index is 366. The summed E-state index contributed by atoms with van der Waals surface area (Å²) in [6.07, 6.45) is 5.04. The van der Waals surface area contributed by atoms with E-state index in [2.05, 4.69) is 11.5 Å². The highest BCUT2D eigenvalue weighted by Gasteiger charge is 2.19. The molecule has 0 atom stereocenters. The van der Waals surface area contributed by atoms with Gasteiger partial charge in [0.25, 0.3) is 0 Å². The maximum Gasteiger partial charge on any atom is 0.222 e. The minimum Gasteiger partial charge on any atom is -0.368 e. The van der Waals surface area contributed by atoms with Crippen molar-refractivity contribution in [3.05, 3.63) is 36.3 Å². The smallest absolute Gasteiger partial charge is 0.222 e. The molecule has 0 aromatic heterocycles. The topological polar surface area (TPSA) is 23.6 Å². The van der Waals surface area contributed by atoms with E-state index in [-0.39, 0.29) is 11.7 Å². The molecule has 3 nitrogen and oxygen atoms in total. The van der Waals surface area contributed by atoms with E-state index in [1.165, 1.54) is 12.2 Å². The predicted octanol–water partition coefficient (Wildman–Crippen LogP) is 2.48. The van der Waals surface area contributed by atoms with Gasteiger partial charge in [0, 0.05) is 38.3 Å². The van der Waals surface area contributed by atoms with Gasteiger partial charge in [0.05, 0.1) is 0 Å². The van der Waals surface area contributed by atoms with Gasteiger partial charge in [-0.15, -0.1) is 0 Å². The maximum atomic E-state index is 12.9. The highest BCUT2D eigenvalue weighted by atomic mass is 19.1. The van der Waals surface area contributed by atoms with Crippen LogP contribution in [0.1, 0.15) is 20.3 Å². The van der Waals surface area contributed by atoms with Crippen LogP contribution in [0.5, 0.6) is 0 Å². The summed E-state index contributed by atoms with van der Waals surface area (Å²) >= 11 is 0. The molecule has 1 aliphatic heterocycles. The predicted molar refractivity (Wildman–Crippen MR) is 71.6 cm³/mol. The Morgan fingerprint density at radius 3 is 2.28 bits per heavy atom. The van der Waals surface area contributed by atoms with E-state index in [1.807, 2.05) is 11.8 Å². The molecule has 0 radical (unpaired) electrons. The zero-order valence-electron chi connectivity index (χ0n) is 11.2. The second-order valence-corrected chi connectivity index (χ2v) is 4.22. The lowest BCUT2D eigenvalue weighted by molar-refractivity contribution is -0.132. The number of amides is 1. The van der Waals surface area contributed by atoms with Gasteiger partial charge in [-0.1, -0.05) is 19.6 Å². The fourth-order valence-corrected chi connectivity index (χ4v) is 1.84. The van der Waals surface area contributed by atoms with Crippen LogP contribution in [0.25, 0.3) is 0 Å². The first kappa shape index (κ1) is 14.5. The Morgan fingerprint density at radius 1 is 1.22 bits per heavy atom. The molecule has 1 aliphatic rings. The van der Waals surface area contributed by atoms with Crippen molar-refractivity contribution in [1.82, 2.24) is 9.80 Å². The van der Waals surface area contributed by atoms with Gasteiger partial charge in [0.15, 0.2) is 0 Å². The Morgan fingerprint density at radius 2 is 1.78 bits per heavy atom. The number of allylic oxidation sites excluding steroid dienone is 4. The standard InChI is InChI=1S/C14H21FN2O/c1-4-13(15)7-6-12(3)16-8-10-17(11-9-16)14(18)5-2/h4,6-7H,3,5,8-11H2,1-2H3/b7-6-,13-4+. The summed E-state index contributed by atoms with van der Waals surface area (Å²) in [5.41, 5.74) is 0.788. The lowest BCUT2D eigenvalue weighted by Gasteiger charge is -2.36. The molecule has 1 saturated heterocycles. The van der Waals surface area contributed by atoms with Crippen molar-refractivity contribution in [3.63, 3.8) is 0 Å².